The molecule has 0 bridgehead atoms. The van der Waals surface area contributed by atoms with Gasteiger partial charge in [0.1, 0.15) is 0 Å². The van der Waals surface area contributed by atoms with Gasteiger partial charge in [-0.05, 0) is 17.8 Å². The Hall–Kier alpha value is 0.532. The van der Waals surface area contributed by atoms with Crippen LogP contribution < -0.4 is 0 Å². The van der Waals surface area contributed by atoms with Crippen molar-refractivity contribution in [3.63, 3.8) is 0 Å². The summed E-state index contributed by atoms with van der Waals surface area (Å²) in [5, 5.41) is 5.08. The summed E-state index contributed by atoms with van der Waals surface area (Å²) in [6.07, 6.45) is 37.3. The van der Waals surface area contributed by atoms with Crippen LogP contribution in [0.4, 0.5) is 0 Å². The Kier molecular flexibility index (Phi) is 14.4. The summed E-state index contributed by atoms with van der Waals surface area (Å²) in [6, 6.07) is 0. The van der Waals surface area contributed by atoms with Gasteiger partial charge in [-0.1, -0.05) is 170 Å². The topological polar surface area (TPSA) is 0 Å². The van der Waals surface area contributed by atoms with Crippen molar-refractivity contribution in [2.45, 2.75) is 170 Å². The van der Waals surface area contributed by atoms with E-state index in [0.717, 1.165) is 17.8 Å². The van der Waals surface area contributed by atoms with E-state index in [1.807, 2.05) is 0 Å². The van der Waals surface area contributed by atoms with Gasteiger partial charge in [-0.3, -0.25) is 0 Å². The normalized spacial score (nSPS) is 22.1. The Morgan fingerprint density at radius 1 is 0.355 bits per heavy atom. The zero-order valence-electron chi connectivity index (χ0n) is 21.4. The smallest absolute Gasteiger partial charge is 0.0939 e. The maximum Gasteiger partial charge on any atom is 0.261 e. The van der Waals surface area contributed by atoms with E-state index < -0.39 is 14.1 Å². The zero-order chi connectivity index (χ0) is 21.4. The Morgan fingerprint density at radius 3 is 0.935 bits per heavy atom. The van der Waals surface area contributed by atoms with Crippen molar-refractivity contribution in [3.05, 3.63) is 0 Å². The molecule has 1 heteroatoms. The van der Waals surface area contributed by atoms with E-state index in [9.17, 15) is 0 Å². The Labute approximate surface area is 201 Å². The van der Waals surface area contributed by atoms with Gasteiger partial charge in [-0.15, -0.1) is 0 Å². The Balaban J connectivity index is 1.27. The fourth-order valence-electron chi connectivity index (χ4n) is 7.46. The van der Waals surface area contributed by atoms with Crippen LogP contribution in [0.2, 0.25) is 15.8 Å². The average molecular weight is 445 g/mol. The lowest BCUT2D eigenvalue weighted by Crippen LogP contribution is -2.13. The molecule has 0 aromatic carbocycles. The number of hydrogen-bond acceptors (Lipinski definition) is 0. The van der Waals surface area contributed by atoms with Crippen molar-refractivity contribution >= 4 is 14.1 Å². The van der Waals surface area contributed by atoms with Crippen LogP contribution in [0.3, 0.4) is 0 Å². The standard InChI is InChI=1S/3C10H19.Al/c3*1-2-3-7-10-8-5-4-6-9-10;/h3*10H,1-9H2;. The predicted octanol–water partition coefficient (Wildman–Crippen LogP) is 10.7. The van der Waals surface area contributed by atoms with E-state index in [0.29, 0.717) is 0 Å². The van der Waals surface area contributed by atoms with Gasteiger partial charge in [-0.2, -0.15) is 0 Å². The molecule has 0 unspecified atom stereocenters. The van der Waals surface area contributed by atoms with Crippen LogP contribution in [0.25, 0.3) is 0 Å². The molecule has 31 heavy (non-hydrogen) atoms. The highest BCUT2D eigenvalue weighted by Crippen LogP contribution is 2.31. The van der Waals surface area contributed by atoms with Crippen molar-refractivity contribution < 1.29 is 0 Å². The van der Waals surface area contributed by atoms with Gasteiger partial charge in [0.2, 0.25) is 0 Å². The first-order chi connectivity index (χ1) is 15.4. The summed E-state index contributed by atoms with van der Waals surface area (Å²) < 4.78 is 0. The lowest BCUT2D eigenvalue weighted by molar-refractivity contribution is 0.330. The summed E-state index contributed by atoms with van der Waals surface area (Å²) in [7, 11) is 0. The number of rotatable bonds is 15. The summed E-state index contributed by atoms with van der Waals surface area (Å²) in [6.45, 7) is 0. The molecule has 0 amide bonds. The minimum absolute atomic E-state index is 0.456. The molecule has 0 heterocycles. The molecular formula is C30H57Al. The molecule has 3 rings (SSSR count). The van der Waals surface area contributed by atoms with Crippen molar-refractivity contribution in [1.82, 2.24) is 0 Å². The highest BCUT2D eigenvalue weighted by atomic mass is 27.2. The van der Waals surface area contributed by atoms with Gasteiger partial charge in [0.25, 0.3) is 14.1 Å². The molecule has 0 N–H and O–H groups in total. The second-order valence-electron chi connectivity index (χ2n) is 12.2. The molecule has 0 aromatic rings. The first kappa shape index (κ1) is 26.1. The van der Waals surface area contributed by atoms with E-state index in [1.54, 1.807) is 112 Å². The van der Waals surface area contributed by atoms with E-state index >= 15 is 0 Å². The van der Waals surface area contributed by atoms with E-state index in [2.05, 4.69) is 0 Å². The SMILES string of the molecule is C1CCC(CCC[CH2][Al]([CH2]CCCC2CCCCC2)[CH2]CCCC2CCCCC2)CC1. The first-order valence-electron chi connectivity index (χ1n) is 15.4. The zero-order valence-corrected chi connectivity index (χ0v) is 22.6. The largest absolute Gasteiger partial charge is 0.261 e. The second-order valence-corrected chi connectivity index (χ2v) is 15.7. The monoisotopic (exact) mass is 444 g/mol. The van der Waals surface area contributed by atoms with Crippen LogP contribution in [-0.2, 0) is 0 Å². The molecule has 0 radical (unpaired) electrons. The van der Waals surface area contributed by atoms with E-state index in [1.165, 1.54) is 57.8 Å². The number of hydrogen-bond donors (Lipinski definition) is 0. The molecule has 3 aliphatic carbocycles. The van der Waals surface area contributed by atoms with Gasteiger partial charge in [0, 0.05) is 0 Å². The van der Waals surface area contributed by atoms with Crippen molar-refractivity contribution in [2.24, 2.45) is 17.8 Å². The molecule has 3 aliphatic rings. The lowest BCUT2D eigenvalue weighted by atomic mass is 9.86. The maximum absolute atomic E-state index is 1.69. The molecule has 180 valence electrons. The third kappa shape index (κ3) is 12.0. The van der Waals surface area contributed by atoms with Crippen LogP contribution in [0.15, 0.2) is 0 Å². The van der Waals surface area contributed by atoms with Crippen LogP contribution in [0, 0.1) is 17.8 Å². The molecule has 0 atom stereocenters. The predicted molar refractivity (Wildman–Crippen MR) is 141 cm³/mol. The lowest BCUT2D eigenvalue weighted by Gasteiger charge is -2.22. The Morgan fingerprint density at radius 2 is 0.645 bits per heavy atom. The van der Waals surface area contributed by atoms with Crippen LogP contribution in [0.5, 0.6) is 0 Å². The molecule has 0 nitrogen and oxygen atoms in total. The van der Waals surface area contributed by atoms with Crippen LogP contribution in [-0.4, -0.2) is 14.1 Å². The van der Waals surface area contributed by atoms with Crippen molar-refractivity contribution in [3.8, 4) is 0 Å². The van der Waals surface area contributed by atoms with E-state index in [-0.39, 0.29) is 0 Å². The molecule has 3 saturated carbocycles. The molecular weight excluding hydrogens is 387 g/mol. The van der Waals surface area contributed by atoms with Crippen LogP contribution >= 0.6 is 0 Å². The van der Waals surface area contributed by atoms with Crippen molar-refractivity contribution in [2.75, 3.05) is 0 Å². The van der Waals surface area contributed by atoms with E-state index in [4.69, 9.17) is 0 Å². The fraction of sp³-hybridized carbons (Fsp3) is 1.00. The highest BCUT2D eigenvalue weighted by molar-refractivity contribution is 6.58. The molecule has 3 fully saturated rings. The summed E-state index contributed by atoms with van der Waals surface area (Å²) in [5.74, 6) is 3.33. The van der Waals surface area contributed by atoms with Gasteiger partial charge in [0.05, 0.1) is 0 Å². The quantitative estimate of drug-likeness (QED) is 0.174. The first-order valence-corrected chi connectivity index (χ1v) is 17.8. The highest BCUT2D eigenvalue weighted by Gasteiger charge is 2.19. The number of unbranched alkanes of at least 4 members (excludes halogenated alkanes) is 3. The van der Waals surface area contributed by atoms with Crippen molar-refractivity contribution in [1.29, 1.82) is 0 Å². The third-order valence-electron chi connectivity index (χ3n) is 9.60. The van der Waals surface area contributed by atoms with Gasteiger partial charge < -0.3 is 0 Å². The van der Waals surface area contributed by atoms with Crippen LogP contribution in [0.1, 0.15) is 154 Å². The third-order valence-corrected chi connectivity index (χ3v) is 13.3. The average Bonchev–Trinajstić information content (AvgIpc) is 2.83. The summed E-state index contributed by atoms with van der Waals surface area (Å²) in [5.41, 5.74) is 0. The van der Waals surface area contributed by atoms with Gasteiger partial charge >= 0.3 is 0 Å². The maximum atomic E-state index is 1.69. The second kappa shape index (κ2) is 17.0. The van der Waals surface area contributed by atoms with Gasteiger partial charge in [0.15, 0.2) is 0 Å². The molecule has 0 aromatic heterocycles. The molecule has 0 saturated heterocycles. The fourth-order valence-corrected chi connectivity index (χ4v) is 10.9. The minimum Gasteiger partial charge on any atom is -0.0939 e. The summed E-state index contributed by atoms with van der Waals surface area (Å²) >= 11 is -0.456. The molecule has 0 aliphatic heterocycles. The molecule has 0 spiro atoms. The summed E-state index contributed by atoms with van der Waals surface area (Å²) in [4.78, 5) is 0. The minimum atomic E-state index is -0.456. The Bertz CT molecular complexity index is 339. The van der Waals surface area contributed by atoms with Gasteiger partial charge in [-0.25, -0.2) is 0 Å².